The van der Waals surface area contributed by atoms with Crippen LogP contribution in [-0.4, -0.2) is 30.6 Å². The molecular formula is C11H13NO4. The molecular weight excluding hydrogens is 210 g/mol. The van der Waals surface area contributed by atoms with E-state index < -0.39 is 11.9 Å². The van der Waals surface area contributed by atoms with Crippen molar-refractivity contribution >= 4 is 18.0 Å². The summed E-state index contributed by atoms with van der Waals surface area (Å²) in [5.74, 6) is -0.868. The molecule has 1 N–H and O–H groups in total. The van der Waals surface area contributed by atoms with E-state index in [2.05, 4.69) is 9.72 Å². The Morgan fingerprint density at radius 3 is 2.81 bits per heavy atom. The second-order valence-corrected chi connectivity index (χ2v) is 2.90. The summed E-state index contributed by atoms with van der Waals surface area (Å²) in [6.07, 6.45) is 2.79. The first kappa shape index (κ1) is 12.0. The predicted molar refractivity (Wildman–Crippen MR) is 57.8 cm³/mol. The predicted octanol–water partition coefficient (Wildman–Crippen LogP) is 1.38. The lowest BCUT2D eigenvalue weighted by Gasteiger charge is -1.97. The van der Waals surface area contributed by atoms with Gasteiger partial charge in [0, 0.05) is 11.8 Å². The van der Waals surface area contributed by atoms with Gasteiger partial charge >= 0.3 is 11.9 Å². The van der Waals surface area contributed by atoms with Gasteiger partial charge in [0.15, 0.2) is 0 Å². The Balaban J connectivity index is 2.68. The van der Waals surface area contributed by atoms with Crippen molar-refractivity contribution in [3.05, 3.63) is 29.6 Å². The lowest BCUT2D eigenvalue weighted by molar-refractivity contribution is -0.134. The third-order valence-corrected chi connectivity index (χ3v) is 1.80. The van der Waals surface area contributed by atoms with Gasteiger partial charge in [-0.15, -0.1) is 0 Å². The number of carbonyl (C=O) groups is 2. The summed E-state index contributed by atoms with van der Waals surface area (Å²) >= 11 is 0. The maximum Gasteiger partial charge on any atom is 0.354 e. The van der Waals surface area contributed by atoms with Crippen molar-refractivity contribution in [3.8, 4) is 0 Å². The maximum absolute atomic E-state index is 11.3. The number of nitrogens with one attached hydrogen (secondary N) is 1. The number of H-pyrrole nitrogens is 1. The molecule has 0 radical (unpaired) electrons. The summed E-state index contributed by atoms with van der Waals surface area (Å²) in [5, 5.41) is 0. The molecule has 0 saturated carbocycles. The fourth-order valence-corrected chi connectivity index (χ4v) is 1.06. The van der Waals surface area contributed by atoms with E-state index in [1.165, 1.54) is 19.3 Å². The summed E-state index contributed by atoms with van der Waals surface area (Å²) < 4.78 is 9.24. The molecule has 0 atom stereocenters. The highest BCUT2D eigenvalue weighted by molar-refractivity contribution is 5.89. The first-order valence-corrected chi connectivity index (χ1v) is 4.79. The van der Waals surface area contributed by atoms with Crippen LogP contribution in [-0.2, 0) is 14.3 Å². The Labute approximate surface area is 93.1 Å². The summed E-state index contributed by atoms with van der Waals surface area (Å²) in [4.78, 5) is 24.9. The second-order valence-electron chi connectivity index (χ2n) is 2.90. The standard InChI is InChI=1S/C11H13NO4/c1-3-16-11(14)9-6-4-8(12-9)5-7-10(13)15-2/h4-7,12H,3H2,1-2H3. The zero-order chi connectivity index (χ0) is 12.0. The van der Waals surface area contributed by atoms with Gasteiger partial charge in [-0.1, -0.05) is 0 Å². The van der Waals surface area contributed by atoms with Crippen LogP contribution in [0.25, 0.3) is 6.08 Å². The Kier molecular flexibility index (Phi) is 4.32. The van der Waals surface area contributed by atoms with Crippen molar-refractivity contribution in [1.82, 2.24) is 4.98 Å². The van der Waals surface area contributed by atoms with Crippen LogP contribution >= 0.6 is 0 Å². The van der Waals surface area contributed by atoms with Crippen molar-refractivity contribution in [2.24, 2.45) is 0 Å². The van der Waals surface area contributed by atoms with E-state index in [1.54, 1.807) is 19.1 Å². The number of hydrogen-bond donors (Lipinski definition) is 1. The van der Waals surface area contributed by atoms with Gasteiger partial charge in [0.05, 0.1) is 13.7 Å². The molecule has 0 spiro atoms. The molecule has 1 aromatic rings. The highest BCUT2D eigenvalue weighted by atomic mass is 16.5. The monoisotopic (exact) mass is 223 g/mol. The minimum absolute atomic E-state index is 0.325. The molecule has 0 aliphatic heterocycles. The lowest BCUT2D eigenvalue weighted by Crippen LogP contribution is -2.04. The number of carbonyl (C=O) groups excluding carboxylic acids is 2. The van der Waals surface area contributed by atoms with Crippen LogP contribution in [0, 0.1) is 0 Å². The van der Waals surface area contributed by atoms with Gasteiger partial charge in [0.25, 0.3) is 0 Å². The first-order valence-electron chi connectivity index (χ1n) is 4.79. The average molecular weight is 223 g/mol. The zero-order valence-electron chi connectivity index (χ0n) is 9.15. The Morgan fingerprint density at radius 1 is 1.44 bits per heavy atom. The number of ether oxygens (including phenoxy) is 2. The average Bonchev–Trinajstić information content (AvgIpc) is 2.75. The van der Waals surface area contributed by atoms with Crippen LogP contribution in [0.2, 0.25) is 0 Å². The lowest BCUT2D eigenvalue weighted by atomic mass is 10.4. The molecule has 0 aromatic carbocycles. The molecule has 0 bridgehead atoms. The van der Waals surface area contributed by atoms with Crippen LogP contribution < -0.4 is 0 Å². The van der Waals surface area contributed by atoms with E-state index in [1.807, 2.05) is 0 Å². The highest BCUT2D eigenvalue weighted by Crippen LogP contribution is 2.05. The molecule has 0 aliphatic rings. The Hall–Kier alpha value is -2.04. The minimum atomic E-state index is -0.452. The second kappa shape index (κ2) is 5.75. The van der Waals surface area contributed by atoms with Crippen molar-refractivity contribution in [3.63, 3.8) is 0 Å². The van der Waals surface area contributed by atoms with Crippen molar-refractivity contribution in [1.29, 1.82) is 0 Å². The van der Waals surface area contributed by atoms with E-state index in [0.717, 1.165) is 0 Å². The van der Waals surface area contributed by atoms with Crippen LogP contribution in [0.5, 0.6) is 0 Å². The van der Waals surface area contributed by atoms with E-state index >= 15 is 0 Å². The molecule has 0 saturated heterocycles. The normalized spacial score (nSPS) is 10.4. The first-order chi connectivity index (χ1) is 7.67. The Morgan fingerprint density at radius 2 is 2.19 bits per heavy atom. The van der Waals surface area contributed by atoms with Crippen molar-refractivity contribution in [2.45, 2.75) is 6.92 Å². The molecule has 16 heavy (non-hydrogen) atoms. The molecule has 1 rings (SSSR count). The zero-order valence-corrected chi connectivity index (χ0v) is 9.15. The summed E-state index contributed by atoms with van der Waals surface area (Å²) in [7, 11) is 1.30. The molecule has 5 heteroatoms. The van der Waals surface area contributed by atoms with Crippen LogP contribution in [0.1, 0.15) is 23.1 Å². The number of aromatic amines is 1. The Bertz CT molecular complexity index is 406. The highest BCUT2D eigenvalue weighted by Gasteiger charge is 2.07. The molecule has 0 aliphatic carbocycles. The fourth-order valence-electron chi connectivity index (χ4n) is 1.06. The van der Waals surface area contributed by atoms with Crippen LogP contribution in [0.4, 0.5) is 0 Å². The van der Waals surface area contributed by atoms with E-state index in [4.69, 9.17) is 4.74 Å². The number of aromatic nitrogens is 1. The third kappa shape index (κ3) is 3.27. The maximum atomic E-state index is 11.3. The topological polar surface area (TPSA) is 68.4 Å². The van der Waals surface area contributed by atoms with E-state index in [0.29, 0.717) is 18.0 Å². The molecule has 86 valence electrons. The molecule has 0 unspecified atom stereocenters. The van der Waals surface area contributed by atoms with Gasteiger partial charge in [-0.2, -0.15) is 0 Å². The van der Waals surface area contributed by atoms with Crippen molar-refractivity contribution in [2.75, 3.05) is 13.7 Å². The summed E-state index contributed by atoms with van der Waals surface area (Å²) in [5.41, 5.74) is 0.986. The molecule has 1 heterocycles. The smallest absolute Gasteiger partial charge is 0.354 e. The quantitative estimate of drug-likeness (QED) is 0.618. The van der Waals surface area contributed by atoms with Gasteiger partial charge in [-0.25, -0.2) is 9.59 Å². The van der Waals surface area contributed by atoms with E-state index in [-0.39, 0.29) is 0 Å². The molecule has 1 aromatic heterocycles. The number of rotatable bonds is 4. The van der Waals surface area contributed by atoms with Gasteiger partial charge < -0.3 is 14.5 Å². The third-order valence-electron chi connectivity index (χ3n) is 1.80. The van der Waals surface area contributed by atoms with Crippen LogP contribution in [0.15, 0.2) is 18.2 Å². The number of hydrogen-bond acceptors (Lipinski definition) is 4. The number of methoxy groups -OCH3 is 1. The molecule has 0 fully saturated rings. The summed E-state index contributed by atoms with van der Waals surface area (Å²) in [6.45, 7) is 2.06. The van der Waals surface area contributed by atoms with Gasteiger partial charge in [-0.05, 0) is 25.1 Å². The SMILES string of the molecule is CCOC(=O)c1ccc(C=CC(=O)OC)[nH]1. The van der Waals surface area contributed by atoms with Crippen molar-refractivity contribution < 1.29 is 19.1 Å². The van der Waals surface area contributed by atoms with E-state index in [9.17, 15) is 9.59 Å². The number of esters is 2. The van der Waals surface area contributed by atoms with Gasteiger partial charge in [-0.3, -0.25) is 0 Å². The molecule has 5 nitrogen and oxygen atoms in total. The fraction of sp³-hybridized carbons (Fsp3) is 0.273. The minimum Gasteiger partial charge on any atom is -0.466 e. The largest absolute Gasteiger partial charge is 0.466 e. The van der Waals surface area contributed by atoms with Crippen LogP contribution in [0.3, 0.4) is 0 Å². The summed E-state index contributed by atoms with van der Waals surface area (Å²) in [6, 6.07) is 3.26. The molecule has 0 amide bonds. The van der Waals surface area contributed by atoms with Gasteiger partial charge in [0.1, 0.15) is 5.69 Å². The van der Waals surface area contributed by atoms with Gasteiger partial charge in [0.2, 0.25) is 0 Å².